The highest BCUT2D eigenvalue weighted by molar-refractivity contribution is 6.46. The number of hydrogen-bond acceptors (Lipinski definition) is 4. The Morgan fingerprint density at radius 3 is 2.38 bits per heavy atom. The normalized spacial score (nSPS) is 20.7. The van der Waals surface area contributed by atoms with Crippen molar-refractivity contribution in [3.63, 3.8) is 0 Å². The summed E-state index contributed by atoms with van der Waals surface area (Å²) in [4.78, 5) is 28.3. The third-order valence-electron chi connectivity index (χ3n) is 7.29. The fraction of sp³-hybridized carbons (Fsp3) is 0.312. The van der Waals surface area contributed by atoms with Gasteiger partial charge >= 0.3 is 0 Å². The number of hydrogen-bond donors (Lipinski definition) is 1. The Morgan fingerprint density at radius 1 is 1.00 bits per heavy atom. The van der Waals surface area contributed by atoms with Crippen molar-refractivity contribution in [3.05, 3.63) is 106 Å². The molecule has 1 fully saturated rings. The fourth-order valence-corrected chi connectivity index (χ4v) is 5.24. The SMILES string of the molecule is C[C@@H]1Cc2cc(C(O)=C3C(=O)C(=O)N(CCc4ccccc4)[C@@H]3c3ccc(C(C)(C)C)cc3)ccc2O1. The van der Waals surface area contributed by atoms with Crippen molar-refractivity contribution < 1.29 is 19.4 Å². The van der Waals surface area contributed by atoms with E-state index >= 15 is 0 Å². The van der Waals surface area contributed by atoms with Gasteiger partial charge in [0.1, 0.15) is 17.6 Å². The number of likely N-dealkylation sites (tertiary alicyclic amines) is 1. The number of rotatable bonds is 5. The average Bonchev–Trinajstić information content (AvgIpc) is 3.37. The minimum Gasteiger partial charge on any atom is -0.507 e. The van der Waals surface area contributed by atoms with E-state index in [0.717, 1.165) is 34.4 Å². The molecule has 2 aliphatic heterocycles. The van der Waals surface area contributed by atoms with E-state index < -0.39 is 17.7 Å². The van der Waals surface area contributed by atoms with Gasteiger partial charge in [-0.3, -0.25) is 9.59 Å². The lowest BCUT2D eigenvalue weighted by Gasteiger charge is -2.26. The summed E-state index contributed by atoms with van der Waals surface area (Å²) in [5.41, 5.74) is 4.66. The molecule has 2 aliphatic rings. The van der Waals surface area contributed by atoms with Gasteiger partial charge in [0, 0.05) is 18.5 Å². The number of nitrogens with zero attached hydrogens (tertiary/aromatic N) is 1. The summed E-state index contributed by atoms with van der Waals surface area (Å²) in [5.74, 6) is -0.587. The van der Waals surface area contributed by atoms with Gasteiger partial charge in [0.05, 0.1) is 11.6 Å². The van der Waals surface area contributed by atoms with Gasteiger partial charge in [-0.2, -0.15) is 0 Å². The van der Waals surface area contributed by atoms with Crippen LogP contribution in [0.2, 0.25) is 0 Å². The molecule has 0 saturated carbocycles. The van der Waals surface area contributed by atoms with E-state index in [4.69, 9.17) is 4.74 Å². The van der Waals surface area contributed by atoms with E-state index in [0.29, 0.717) is 18.5 Å². The van der Waals surface area contributed by atoms with Crippen LogP contribution in [-0.2, 0) is 27.8 Å². The van der Waals surface area contributed by atoms with Gasteiger partial charge in [-0.25, -0.2) is 0 Å². The summed E-state index contributed by atoms with van der Waals surface area (Å²) >= 11 is 0. The van der Waals surface area contributed by atoms with E-state index in [1.165, 1.54) is 0 Å². The second-order valence-electron chi connectivity index (χ2n) is 11.1. The summed E-state index contributed by atoms with van der Waals surface area (Å²) in [6.07, 6.45) is 1.41. The van der Waals surface area contributed by atoms with Crippen molar-refractivity contribution in [2.75, 3.05) is 6.54 Å². The molecule has 2 heterocycles. The van der Waals surface area contributed by atoms with Crippen molar-refractivity contribution >= 4 is 17.4 Å². The van der Waals surface area contributed by atoms with E-state index in [9.17, 15) is 14.7 Å². The molecule has 190 valence electrons. The van der Waals surface area contributed by atoms with Crippen molar-refractivity contribution in [2.24, 2.45) is 0 Å². The molecule has 0 aromatic heterocycles. The summed E-state index contributed by atoms with van der Waals surface area (Å²) in [7, 11) is 0. The van der Waals surface area contributed by atoms with Crippen LogP contribution in [0, 0.1) is 0 Å². The minimum absolute atomic E-state index is 0.0305. The fourth-order valence-electron chi connectivity index (χ4n) is 5.24. The number of Topliss-reactive ketones (excluding diaryl/α,β-unsaturated/α-hetero) is 1. The first-order chi connectivity index (χ1) is 17.6. The molecule has 5 rings (SSSR count). The molecule has 0 radical (unpaired) electrons. The molecule has 5 nitrogen and oxygen atoms in total. The first-order valence-electron chi connectivity index (χ1n) is 12.9. The highest BCUT2D eigenvalue weighted by Crippen LogP contribution is 2.41. The van der Waals surface area contributed by atoms with Crippen LogP contribution >= 0.6 is 0 Å². The van der Waals surface area contributed by atoms with Crippen LogP contribution in [0.25, 0.3) is 5.76 Å². The second kappa shape index (κ2) is 9.55. The predicted octanol–water partition coefficient (Wildman–Crippen LogP) is 5.97. The predicted molar refractivity (Wildman–Crippen MR) is 145 cm³/mol. The topological polar surface area (TPSA) is 66.8 Å². The van der Waals surface area contributed by atoms with Crippen LogP contribution in [0.15, 0.2) is 78.4 Å². The maximum Gasteiger partial charge on any atom is 0.295 e. The summed E-state index contributed by atoms with van der Waals surface area (Å²) in [6, 6.07) is 22.7. The molecule has 0 spiro atoms. The van der Waals surface area contributed by atoms with E-state index in [1.54, 1.807) is 11.0 Å². The number of fused-ring (bicyclic) bond motifs is 1. The van der Waals surface area contributed by atoms with Crippen LogP contribution in [-0.4, -0.2) is 34.3 Å². The largest absolute Gasteiger partial charge is 0.507 e. The van der Waals surface area contributed by atoms with Crippen LogP contribution in [0.3, 0.4) is 0 Å². The molecule has 1 amide bonds. The van der Waals surface area contributed by atoms with E-state index in [-0.39, 0.29) is 22.9 Å². The Morgan fingerprint density at radius 2 is 1.70 bits per heavy atom. The number of aliphatic hydroxyl groups excluding tert-OH is 1. The van der Waals surface area contributed by atoms with Crippen molar-refractivity contribution in [1.82, 2.24) is 4.90 Å². The zero-order valence-corrected chi connectivity index (χ0v) is 21.8. The lowest BCUT2D eigenvalue weighted by atomic mass is 9.85. The maximum absolute atomic E-state index is 13.4. The first-order valence-corrected chi connectivity index (χ1v) is 12.9. The smallest absolute Gasteiger partial charge is 0.295 e. The van der Waals surface area contributed by atoms with E-state index in [2.05, 4.69) is 20.8 Å². The van der Waals surface area contributed by atoms with Gasteiger partial charge in [0.15, 0.2) is 0 Å². The highest BCUT2D eigenvalue weighted by Gasteiger charge is 2.46. The number of aliphatic hydroxyl groups is 1. The molecule has 0 unspecified atom stereocenters. The lowest BCUT2D eigenvalue weighted by molar-refractivity contribution is -0.139. The summed E-state index contributed by atoms with van der Waals surface area (Å²) in [6.45, 7) is 8.80. The molecule has 1 N–H and O–H groups in total. The molecule has 2 atom stereocenters. The molecule has 5 heteroatoms. The van der Waals surface area contributed by atoms with Crippen LogP contribution in [0.4, 0.5) is 0 Å². The number of ketones is 1. The quantitative estimate of drug-likeness (QED) is 0.269. The van der Waals surface area contributed by atoms with Gasteiger partial charge in [0.25, 0.3) is 11.7 Å². The molecule has 0 aliphatic carbocycles. The Bertz CT molecular complexity index is 1370. The van der Waals surface area contributed by atoms with Gasteiger partial charge in [-0.05, 0) is 59.2 Å². The van der Waals surface area contributed by atoms with Crippen LogP contribution in [0.5, 0.6) is 5.75 Å². The zero-order valence-electron chi connectivity index (χ0n) is 21.8. The first kappa shape index (κ1) is 24.8. The molecule has 1 saturated heterocycles. The lowest BCUT2D eigenvalue weighted by Crippen LogP contribution is -2.31. The highest BCUT2D eigenvalue weighted by atomic mass is 16.5. The van der Waals surface area contributed by atoms with Crippen LogP contribution in [0.1, 0.15) is 61.6 Å². The second-order valence-corrected chi connectivity index (χ2v) is 11.1. The van der Waals surface area contributed by atoms with Crippen molar-refractivity contribution in [3.8, 4) is 5.75 Å². The third kappa shape index (κ3) is 4.78. The Balaban J connectivity index is 1.58. The Kier molecular flexibility index (Phi) is 6.40. The van der Waals surface area contributed by atoms with Crippen molar-refractivity contribution in [1.29, 1.82) is 0 Å². The monoisotopic (exact) mass is 495 g/mol. The standard InChI is InChI=1S/C32H33NO4/c1-20-18-24-19-23(12-15-26(24)37-20)29(34)27-28(22-10-13-25(14-11-22)32(2,3)4)33(31(36)30(27)35)17-16-21-8-6-5-7-9-21/h5-15,19-20,28,34H,16-18H2,1-4H3/t20-,28-/m1/s1. The summed E-state index contributed by atoms with van der Waals surface area (Å²) < 4.78 is 5.80. The van der Waals surface area contributed by atoms with Gasteiger partial charge in [-0.1, -0.05) is 75.4 Å². The molecular formula is C32H33NO4. The number of amides is 1. The van der Waals surface area contributed by atoms with Gasteiger partial charge in [-0.15, -0.1) is 0 Å². The third-order valence-corrected chi connectivity index (χ3v) is 7.29. The maximum atomic E-state index is 13.4. The molecule has 37 heavy (non-hydrogen) atoms. The van der Waals surface area contributed by atoms with Crippen molar-refractivity contribution in [2.45, 2.75) is 58.1 Å². The molecule has 0 bridgehead atoms. The number of benzene rings is 3. The Hall–Kier alpha value is -3.86. The van der Waals surface area contributed by atoms with Gasteiger partial charge < -0.3 is 14.7 Å². The minimum atomic E-state index is -0.666. The Labute approximate surface area is 218 Å². The molecule has 3 aromatic rings. The zero-order chi connectivity index (χ0) is 26.3. The number of carbonyl (C=O) groups is 2. The van der Waals surface area contributed by atoms with Gasteiger partial charge in [0.2, 0.25) is 0 Å². The average molecular weight is 496 g/mol. The molecular weight excluding hydrogens is 462 g/mol. The molecule has 3 aromatic carbocycles. The summed E-state index contributed by atoms with van der Waals surface area (Å²) in [5, 5.41) is 11.5. The number of ether oxygens (including phenoxy) is 1. The number of carbonyl (C=O) groups excluding carboxylic acids is 2. The van der Waals surface area contributed by atoms with Crippen LogP contribution < -0.4 is 4.74 Å². The van der Waals surface area contributed by atoms with E-state index in [1.807, 2.05) is 73.7 Å².